The van der Waals surface area contributed by atoms with Crippen molar-refractivity contribution in [3.63, 3.8) is 0 Å². The number of guanidine groups is 1. The molecule has 2 rings (SSSR count). The standard InChI is InChI=1S/C18H23F3N4/c1-2-23-17(24-12-14-5-3-13(11-22)4-6-14)25-16-9-7-15(8-10-16)18(19,20)21/h3-6,15-16H,2,7-10,12H2,1H3,(H2,23,24,25). The summed E-state index contributed by atoms with van der Waals surface area (Å²) in [4.78, 5) is 4.49. The maximum atomic E-state index is 12.7. The van der Waals surface area contributed by atoms with Crippen LogP contribution >= 0.6 is 0 Å². The van der Waals surface area contributed by atoms with Gasteiger partial charge >= 0.3 is 6.18 Å². The average molecular weight is 352 g/mol. The topological polar surface area (TPSA) is 60.2 Å². The van der Waals surface area contributed by atoms with E-state index < -0.39 is 12.1 Å². The summed E-state index contributed by atoms with van der Waals surface area (Å²) >= 11 is 0. The second-order valence-corrected chi connectivity index (χ2v) is 6.24. The Bertz CT molecular complexity index is 609. The van der Waals surface area contributed by atoms with Crippen LogP contribution in [0, 0.1) is 17.2 Å². The predicted molar refractivity (Wildman–Crippen MR) is 90.9 cm³/mol. The maximum absolute atomic E-state index is 12.7. The number of nitrogens with zero attached hydrogens (tertiary/aromatic N) is 2. The molecule has 0 atom stereocenters. The van der Waals surface area contributed by atoms with Gasteiger partial charge in [0, 0.05) is 12.6 Å². The highest BCUT2D eigenvalue weighted by Gasteiger charge is 2.41. The summed E-state index contributed by atoms with van der Waals surface area (Å²) in [5.74, 6) is -0.564. The number of benzene rings is 1. The van der Waals surface area contributed by atoms with Crippen LogP contribution in [-0.4, -0.2) is 24.7 Å². The van der Waals surface area contributed by atoms with E-state index in [0.29, 0.717) is 37.5 Å². The zero-order chi connectivity index (χ0) is 18.3. The van der Waals surface area contributed by atoms with Crippen LogP contribution < -0.4 is 10.6 Å². The lowest BCUT2D eigenvalue weighted by Gasteiger charge is -2.31. The van der Waals surface area contributed by atoms with E-state index in [1.54, 1.807) is 12.1 Å². The molecule has 0 radical (unpaired) electrons. The summed E-state index contributed by atoms with van der Waals surface area (Å²) in [6.45, 7) is 3.06. The lowest BCUT2D eigenvalue weighted by Crippen LogP contribution is -2.45. The molecule has 0 unspecified atom stereocenters. The van der Waals surface area contributed by atoms with E-state index in [1.165, 1.54) is 0 Å². The molecule has 0 spiro atoms. The molecule has 0 aromatic heterocycles. The Morgan fingerprint density at radius 1 is 1.20 bits per heavy atom. The number of halogens is 3. The number of nitrogens with one attached hydrogen (secondary N) is 2. The van der Waals surface area contributed by atoms with E-state index in [2.05, 4.69) is 21.7 Å². The normalized spacial score (nSPS) is 21.5. The van der Waals surface area contributed by atoms with Crippen molar-refractivity contribution < 1.29 is 13.2 Å². The minimum Gasteiger partial charge on any atom is -0.357 e. The van der Waals surface area contributed by atoms with Crippen LogP contribution in [0.3, 0.4) is 0 Å². The molecule has 1 aromatic rings. The summed E-state index contributed by atoms with van der Waals surface area (Å²) in [7, 11) is 0. The summed E-state index contributed by atoms with van der Waals surface area (Å²) < 4.78 is 38.2. The van der Waals surface area contributed by atoms with Gasteiger partial charge in [0.15, 0.2) is 5.96 Å². The van der Waals surface area contributed by atoms with Gasteiger partial charge in [-0.25, -0.2) is 4.99 Å². The monoisotopic (exact) mass is 352 g/mol. The van der Waals surface area contributed by atoms with Crippen LogP contribution in [0.25, 0.3) is 0 Å². The number of hydrogen-bond donors (Lipinski definition) is 2. The van der Waals surface area contributed by atoms with Crippen molar-refractivity contribution in [2.24, 2.45) is 10.9 Å². The molecule has 0 amide bonds. The molecule has 1 aliphatic carbocycles. The van der Waals surface area contributed by atoms with Gasteiger partial charge in [0.05, 0.1) is 24.1 Å². The van der Waals surface area contributed by atoms with Crippen LogP contribution in [0.4, 0.5) is 13.2 Å². The number of alkyl halides is 3. The third-order valence-electron chi connectivity index (χ3n) is 4.38. The highest BCUT2D eigenvalue weighted by atomic mass is 19.4. The maximum Gasteiger partial charge on any atom is 0.391 e. The molecule has 0 heterocycles. The molecule has 25 heavy (non-hydrogen) atoms. The number of nitriles is 1. The number of rotatable bonds is 4. The molecule has 0 bridgehead atoms. The minimum absolute atomic E-state index is 0.0114. The minimum atomic E-state index is -4.08. The van der Waals surface area contributed by atoms with Gasteiger partial charge in [-0.1, -0.05) is 12.1 Å². The molecular weight excluding hydrogens is 329 g/mol. The molecule has 0 saturated heterocycles. The Morgan fingerprint density at radius 2 is 1.84 bits per heavy atom. The Hall–Kier alpha value is -2.23. The third-order valence-corrected chi connectivity index (χ3v) is 4.38. The quantitative estimate of drug-likeness (QED) is 0.641. The fourth-order valence-electron chi connectivity index (χ4n) is 2.93. The summed E-state index contributed by atoms with van der Waals surface area (Å²) in [5, 5.41) is 15.2. The SMILES string of the molecule is CCNC(=NCc1ccc(C#N)cc1)NC1CCC(C(F)(F)F)CC1. The Balaban J connectivity index is 1.90. The Kier molecular flexibility index (Phi) is 6.68. The van der Waals surface area contributed by atoms with Gasteiger partial charge in [0.2, 0.25) is 0 Å². The fraction of sp³-hybridized carbons (Fsp3) is 0.556. The lowest BCUT2D eigenvalue weighted by atomic mass is 9.85. The molecule has 1 saturated carbocycles. The third kappa shape index (κ3) is 5.96. The first-order chi connectivity index (χ1) is 11.9. The van der Waals surface area contributed by atoms with Gasteiger partial charge in [-0.2, -0.15) is 18.4 Å². The highest BCUT2D eigenvalue weighted by Crippen LogP contribution is 2.37. The van der Waals surface area contributed by atoms with E-state index >= 15 is 0 Å². The van der Waals surface area contributed by atoms with Gasteiger partial charge in [-0.3, -0.25) is 0 Å². The van der Waals surface area contributed by atoms with Gasteiger partial charge in [0.25, 0.3) is 0 Å². The van der Waals surface area contributed by atoms with E-state index in [4.69, 9.17) is 5.26 Å². The molecule has 136 valence electrons. The van der Waals surface area contributed by atoms with Crippen LogP contribution in [0.2, 0.25) is 0 Å². The van der Waals surface area contributed by atoms with E-state index in [1.807, 2.05) is 19.1 Å². The van der Waals surface area contributed by atoms with E-state index in [9.17, 15) is 13.2 Å². The lowest BCUT2D eigenvalue weighted by molar-refractivity contribution is -0.182. The van der Waals surface area contributed by atoms with Crippen LogP contribution in [0.1, 0.15) is 43.7 Å². The molecule has 1 fully saturated rings. The smallest absolute Gasteiger partial charge is 0.357 e. The van der Waals surface area contributed by atoms with Crippen LogP contribution in [0.5, 0.6) is 0 Å². The van der Waals surface area contributed by atoms with Gasteiger partial charge < -0.3 is 10.6 Å². The van der Waals surface area contributed by atoms with Crippen molar-refractivity contribution in [3.8, 4) is 6.07 Å². The van der Waals surface area contributed by atoms with Crippen molar-refractivity contribution in [1.29, 1.82) is 5.26 Å². The zero-order valence-electron chi connectivity index (χ0n) is 14.2. The van der Waals surface area contributed by atoms with Crippen molar-refractivity contribution in [2.75, 3.05) is 6.54 Å². The van der Waals surface area contributed by atoms with Crippen molar-refractivity contribution in [3.05, 3.63) is 35.4 Å². The second-order valence-electron chi connectivity index (χ2n) is 6.24. The van der Waals surface area contributed by atoms with Crippen LogP contribution in [-0.2, 0) is 6.54 Å². The number of hydrogen-bond acceptors (Lipinski definition) is 2. The van der Waals surface area contributed by atoms with Gasteiger partial charge in [-0.05, 0) is 50.3 Å². The summed E-state index contributed by atoms with van der Waals surface area (Å²) in [6, 6.07) is 9.25. The van der Waals surface area contributed by atoms with E-state index in [-0.39, 0.29) is 18.9 Å². The van der Waals surface area contributed by atoms with Gasteiger partial charge in [-0.15, -0.1) is 0 Å². The van der Waals surface area contributed by atoms with E-state index in [0.717, 1.165) is 5.56 Å². The number of aliphatic imine (C=N–C) groups is 1. The fourth-order valence-corrected chi connectivity index (χ4v) is 2.93. The Morgan fingerprint density at radius 3 is 2.36 bits per heavy atom. The van der Waals surface area contributed by atoms with Crippen molar-refractivity contribution in [2.45, 2.75) is 51.4 Å². The molecule has 7 heteroatoms. The van der Waals surface area contributed by atoms with Crippen LogP contribution in [0.15, 0.2) is 29.3 Å². The summed E-state index contributed by atoms with van der Waals surface area (Å²) in [5.41, 5.74) is 1.57. The molecule has 4 nitrogen and oxygen atoms in total. The first-order valence-electron chi connectivity index (χ1n) is 8.53. The zero-order valence-corrected chi connectivity index (χ0v) is 14.2. The molecule has 1 aromatic carbocycles. The average Bonchev–Trinajstić information content (AvgIpc) is 2.60. The van der Waals surface area contributed by atoms with Crippen molar-refractivity contribution >= 4 is 5.96 Å². The largest absolute Gasteiger partial charge is 0.391 e. The molecular formula is C18H23F3N4. The summed E-state index contributed by atoms with van der Waals surface area (Å²) in [6.07, 6.45) is -2.78. The first-order valence-corrected chi connectivity index (χ1v) is 8.53. The molecule has 0 aliphatic heterocycles. The van der Waals surface area contributed by atoms with Crippen molar-refractivity contribution in [1.82, 2.24) is 10.6 Å². The molecule has 2 N–H and O–H groups in total. The highest BCUT2D eigenvalue weighted by molar-refractivity contribution is 5.80. The van der Waals surface area contributed by atoms with Gasteiger partial charge in [0.1, 0.15) is 0 Å². The first kappa shape index (κ1) is 19.1. The second kappa shape index (κ2) is 8.75. The molecule has 1 aliphatic rings. The Labute approximate surface area is 146 Å². The predicted octanol–water partition coefficient (Wildman–Crippen LogP) is 3.73.